The summed E-state index contributed by atoms with van der Waals surface area (Å²) in [4.78, 5) is 0.209. The van der Waals surface area contributed by atoms with Crippen molar-refractivity contribution in [3.05, 3.63) is 78.4 Å². The van der Waals surface area contributed by atoms with Crippen molar-refractivity contribution < 1.29 is 18.3 Å². The van der Waals surface area contributed by atoms with Crippen molar-refractivity contribution in [2.24, 2.45) is 0 Å². The van der Waals surface area contributed by atoms with E-state index in [1.54, 1.807) is 18.2 Å². The zero-order valence-electron chi connectivity index (χ0n) is 15.2. The molecular weight excluding hydrogens is 362 g/mol. The fourth-order valence-electron chi connectivity index (χ4n) is 2.84. The van der Waals surface area contributed by atoms with Crippen LogP contribution in [0, 0.1) is 0 Å². The largest absolute Gasteiger partial charge is 0.389 e. The Morgan fingerprint density at radius 2 is 1.63 bits per heavy atom. The fourth-order valence-corrected chi connectivity index (χ4v) is 4.09. The summed E-state index contributed by atoms with van der Waals surface area (Å²) < 4.78 is 32.2. The number of hydrogen-bond acceptors (Lipinski definition) is 4. The third kappa shape index (κ3) is 4.93. The predicted molar refractivity (Wildman–Crippen MR) is 106 cm³/mol. The Morgan fingerprint density at radius 1 is 0.963 bits per heavy atom. The van der Waals surface area contributed by atoms with E-state index < -0.39 is 16.1 Å². The van der Waals surface area contributed by atoms with Gasteiger partial charge < -0.3 is 9.84 Å². The van der Waals surface area contributed by atoms with Gasteiger partial charge in [0.05, 0.1) is 24.2 Å². The number of likely N-dealkylation sites (N-methyl/N-ethyl adjacent to an activating group) is 1. The van der Waals surface area contributed by atoms with E-state index >= 15 is 0 Å². The van der Waals surface area contributed by atoms with Gasteiger partial charge in [0, 0.05) is 13.6 Å². The van der Waals surface area contributed by atoms with Gasteiger partial charge in [0.2, 0.25) is 10.0 Å². The molecule has 3 rings (SSSR count). The normalized spacial score (nSPS) is 13.1. The second kappa shape index (κ2) is 8.63. The van der Waals surface area contributed by atoms with Gasteiger partial charge in [-0.05, 0) is 28.5 Å². The van der Waals surface area contributed by atoms with Crippen LogP contribution in [0.5, 0.6) is 0 Å². The van der Waals surface area contributed by atoms with E-state index in [0.29, 0.717) is 6.61 Å². The Balaban J connectivity index is 1.60. The highest BCUT2D eigenvalue weighted by atomic mass is 32.2. The number of hydrogen-bond donors (Lipinski definition) is 1. The molecular formula is C21H23NO4S. The van der Waals surface area contributed by atoms with E-state index in [2.05, 4.69) is 0 Å². The average molecular weight is 385 g/mol. The van der Waals surface area contributed by atoms with E-state index in [0.717, 1.165) is 20.6 Å². The molecule has 0 amide bonds. The molecule has 0 saturated heterocycles. The lowest BCUT2D eigenvalue weighted by molar-refractivity contribution is 0.0222. The molecule has 1 atom stereocenters. The topological polar surface area (TPSA) is 66.8 Å². The maximum Gasteiger partial charge on any atom is 0.242 e. The number of fused-ring (bicyclic) bond motifs is 1. The summed E-state index contributed by atoms with van der Waals surface area (Å²) in [6, 6.07) is 22.2. The summed E-state index contributed by atoms with van der Waals surface area (Å²) >= 11 is 0. The van der Waals surface area contributed by atoms with E-state index in [4.69, 9.17) is 4.74 Å². The molecule has 3 aromatic rings. The average Bonchev–Trinajstić information content (AvgIpc) is 2.68. The van der Waals surface area contributed by atoms with Gasteiger partial charge in [-0.2, -0.15) is 4.31 Å². The monoisotopic (exact) mass is 385 g/mol. The Labute approximate surface area is 159 Å². The van der Waals surface area contributed by atoms with Crippen LogP contribution in [0.15, 0.2) is 77.7 Å². The molecule has 0 bridgehead atoms. The molecule has 1 N–H and O–H groups in total. The minimum Gasteiger partial charge on any atom is -0.389 e. The van der Waals surface area contributed by atoms with Crippen LogP contribution in [-0.2, 0) is 21.4 Å². The van der Waals surface area contributed by atoms with Crippen LogP contribution < -0.4 is 0 Å². The lowest BCUT2D eigenvalue weighted by Gasteiger charge is -2.21. The molecule has 0 aromatic heterocycles. The van der Waals surface area contributed by atoms with Gasteiger partial charge >= 0.3 is 0 Å². The molecule has 0 aliphatic rings. The first-order valence-electron chi connectivity index (χ1n) is 8.72. The summed E-state index contributed by atoms with van der Waals surface area (Å²) in [7, 11) is -2.22. The van der Waals surface area contributed by atoms with E-state index in [1.165, 1.54) is 7.05 Å². The van der Waals surface area contributed by atoms with Crippen LogP contribution >= 0.6 is 0 Å². The Bertz CT molecular complexity index is 989. The minimum atomic E-state index is -3.68. The zero-order chi connectivity index (χ0) is 19.3. The second-order valence-corrected chi connectivity index (χ2v) is 8.49. The number of sulfonamides is 1. The third-order valence-electron chi connectivity index (χ3n) is 4.32. The molecule has 0 fully saturated rings. The summed E-state index contributed by atoms with van der Waals surface area (Å²) in [5.74, 6) is 0. The Morgan fingerprint density at radius 3 is 2.37 bits per heavy atom. The highest BCUT2D eigenvalue weighted by molar-refractivity contribution is 7.89. The molecule has 0 aliphatic carbocycles. The zero-order valence-corrected chi connectivity index (χ0v) is 16.0. The summed E-state index contributed by atoms with van der Waals surface area (Å²) in [5, 5.41) is 12.0. The summed E-state index contributed by atoms with van der Waals surface area (Å²) in [6.45, 7) is 0.398. The number of benzene rings is 3. The first-order chi connectivity index (χ1) is 13.0. The molecule has 0 unspecified atom stereocenters. The van der Waals surface area contributed by atoms with Crippen molar-refractivity contribution >= 4 is 20.8 Å². The van der Waals surface area contributed by atoms with Crippen molar-refractivity contribution in [2.45, 2.75) is 17.6 Å². The second-order valence-electron chi connectivity index (χ2n) is 6.45. The van der Waals surface area contributed by atoms with Crippen LogP contribution in [0.4, 0.5) is 0 Å². The maximum absolute atomic E-state index is 12.8. The van der Waals surface area contributed by atoms with Crippen LogP contribution in [0.25, 0.3) is 10.8 Å². The first-order valence-corrected chi connectivity index (χ1v) is 10.2. The minimum absolute atomic E-state index is 0.0377. The van der Waals surface area contributed by atoms with Crippen molar-refractivity contribution in [2.75, 3.05) is 20.2 Å². The molecule has 0 aliphatic heterocycles. The number of rotatable bonds is 8. The molecule has 142 valence electrons. The van der Waals surface area contributed by atoms with Crippen molar-refractivity contribution in [1.82, 2.24) is 4.31 Å². The molecule has 6 heteroatoms. The molecule has 0 saturated carbocycles. The molecule has 0 heterocycles. The standard InChI is InChI=1S/C21H23NO4S/c1-22(14-20(23)16-26-15-17-7-3-2-4-8-17)27(24,25)21-12-11-18-9-5-6-10-19(18)13-21/h2-13,20,23H,14-16H2,1H3/t20-/m0/s1. The molecule has 0 spiro atoms. The quantitative estimate of drug-likeness (QED) is 0.647. The van der Waals surface area contributed by atoms with Gasteiger partial charge in [0.25, 0.3) is 0 Å². The number of aliphatic hydroxyl groups is 1. The van der Waals surface area contributed by atoms with E-state index in [-0.39, 0.29) is 18.0 Å². The highest BCUT2D eigenvalue weighted by Crippen LogP contribution is 2.21. The van der Waals surface area contributed by atoms with Crippen LogP contribution in [0.2, 0.25) is 0 Å². The predicted octanol–water partition coefficient (Wildman–Crippen LogP) is 3.04. The van der Waals surface area contributed by atoms with E-state index in [9.17, 15) is 13.5 Å². The molecule has 3 aromatic carbocycles. The number of aliphatic hydroxyl groups excluding tert-OH is 1. The van der Waals surface area contributed by atoms with Gasteiger partial charge in [-0.25, -0.2) is 8.42 Å². The van der Waals surface area contributed by atoms with Gasteiger partial charge in [-0.15, -0.1) is 0 Å². The molecule has 27 heavy (non-hydrogen) atoms. The lowest BCUT2D eigenvalue weighted by Crippen LogP contribution is -2.36. The van der Waals surface area contributed by atoms with Gasteiger partial charge in [0.1, 0.15) is 0 Å². The third-order valence-corrected chi connectivity index (χ3v) is 6.14. The molecule has 0 radical (unpaired) electrons. The smallest absolute Gasteiger partial charge is 0.242 e. The van der Waals surface area contributed by atoms with E-state index in [1.807, 2.05) is 54.6 Å². The number of nitrogens with zero attached hydrogens (tertiary/aromatic N) is 1. The van der Waals surface area contributed by atoms with Crippen LogP contribution in [-0.4, -0.2) is 44.1 Å². The van der Waals surface area contributed by atoms with Gasteiger partial charge in [-0.1, -0.05) is 60.7 Å². The van der Waals surface area contributed by atoms with Crippen LogP contribution in [0.3, 0.4) is 0 Å². The first kappa shape index (κ1) is 19.5. The summed E-state index contributed by atoms with van der Waals surface area (Å²) in [5.41, 5.74) is 1.00. The summed E-state index contributed by atoms with van der Waals surface area (Å²) in [6.07, 6.45) is -0.908. The molecule has 5 nitrogen and oxygen atoms in total. The lowest BCUT2D eigenvalue weighted by atomic mass is 10.1. The van der Waals surface area contributed by atoms with Crippen molar-refractivity contribution in [1.29, 1.82) is 0 Å². The highest BCUT2D eigenvalue weighted by Gasteiger charge is 2.23. The SMILES string of the molecule is CN(C[C@H](O)COCc1ccccc1)S(=O)(=O)c1ccc2ccccc2c1. The Hall–Kier alpha value is -2.25. The van der Waals surface area contributed by atoms with Gasteiger partial charge in [0.15, 0.2) is 0 Å². The van der Waals surface area contributed by atoms with Crippen molar-refractivity contribution in [3.63, 3.8) is 0 Å². The van der Waals surface area contributed by atoms with Gasteiger partial charge in [-0.3, -0.25) is 0 Å². The van der Waals surface area contributed by atoms with Crippen molar-refractivity contribution in [3.8, 4) is 0 Å². The number of ether oxygens (including phenoxy) is 1. The van der Waals surface area contributed by atoms with Crippen LogP contribution in [0.1, 0.15) is 5.56 Å². The fraction of sp³-hybridized carbons (Fsp3) is 0.238. The Kier molecular flexibility index (Phi) is 6.23. The maximum atomic E-state index is 12.8.